The zero-order chi connectivity index (χ0) is 19.7. The van der Waals surface area contributed by atoms with Gasteiger partial charge >= 0.3 is 0 Å². The van der Waals surface area contributed by atoms with Gasteiger partial charge in [0.05, 0.1) is 12.5 Å². The summed E-state index contributed by atoms with van der Waals surface area (Å²) < 4.78 is 6.08. The minimum Gasteiger partial charge on any atom is -0.473 e. The molecule has 0 heterocycles. The molecule has 1 heteroatoms. The fourth-order valence-electron chi connectivity index (χ4n) is 10.7. The Hall–Kier alpha value is -0.720. The number of hydrogen-bond donors (Lipinski definition) is 0. The van der Waals surface area contributed by atoms with Gasteiger partial charge in [-0.3, -0.25) is 0 Å². The molecule has 0 aromatic heterocycles. The first-order chi connectivity index (χ1) is 14.0. The number of allylic oxidation sites excluding steroid dienone is 2. The smallest absolute Gasteiger partial charge is 0.0866 e. The summed E-state index contributed by atoms with van der Waals surface area (Å²) in [6, 6.07) is 0. The van der Waals surface area contributed by atoms with Crippen LogP contribution >= 0.6 is 0 Å². The quantitative estimate of drug-likeness (QED) is 0.414. The van der Waals surface area contributed by atoms with Gasteiger partial charge in [0.25, 0.3) is 0 Å². The van der Waals surface area contributed by atoms with Crippen molar-refractivity contribution in [1.82, 2.24) is 0 Å². The van der Waals surface area contributed by atoms with Crippen LogP contribution in [0.1, 0.15) is 104 Å². The lowest BCUT2D eigenvalue weighted by Crippen LogP contribution is -2.51. The highest BCUT2D eigenvalue weighted by atomic mass is 16.5. The summed E-state index contributed by atoms with van der Waals surface area (Å²) in [5.41, 5.74) is 2.25. The summed E-state index contributed by atoms with van der Waals surface area (Å²) in [5.74, 6) is 3.98. The van der Waals surface area contributed by atoms with Gasteiger partial charge in [0, 0.05) is 0 Å². The molecule has 0 saturated heterocycles. The third-order valence-electron chi connectivity index (χ3n) is 11.0. The minimum atomic E-state index is 0.459. The zero-order valence-corrected chi connectivity index (χ0v) is 18.9. The van der Waals surface area contributed by atoms with E-state index in [1.54, 1.807) is 0 Å². The first-order valence-corrected chi connectivity index (χ1v) is 13.0. The van der Waals surface area contributed by atoms with Crippen LogP contribution in [0, 0.1) is 45.3 Å². The van der Waals surface area contributed by atoms with Gasteiger partial charge in [0.2, 0.25) is 0 Å². The van der Waals surface area contributed by atoms with Crippen LogP contribution in [-0.2, 0) is 4.74 Å². The molecule has 0 radical (unpaired) electrons. The van der Waals surface area contributed by atoms with Crippen molar-refractivity contribution in [2.24, 2.45) is 45.3 Å². The van der Waals surface area contributed by atoms with Crippen LogP contribution in [0.2, 0.25) is 0 Å². The standard InChI is InChI=1S/C28H42O/c1-3-25-11-21-9-22(12-25)16-27(15-21,19-25)5-7-29-8-6-28-17-23-10-24(18-28)14-26(4-2,13-23)20-28/h5-8,21-24H,3-4,9-20H2,1-2H3. The topological polar surface area (TPSA) is 9.23 Å². The molecule has 0 aromatic rings. The first-order valence-electron chi connectivity index (χ1n) is 13.0. The maximum absolute atomic E-state index is 6.08. The molecule has 29 heavy (non-hydrogen) atoms. The molecule has 0 aromatic carbocycles. The van der Waals surface area contributed by atoms with Crippen LogP contribution in [0.25, 0.3) is 0 Å². The van der Waals surface area contributed by atoms with Gasteiger partial charge in [-0.05, 0) is 135 Å². The van der Waals surface area contributed by atoms with Gasteiger partial charge in [-0.1, -0.05) is 26.7 Å². The van der Waals surface area contributed by atoms with E-state index in [0.29, 0.717) is 21.7 Å². The third-order valence-corrected chi connectivity index (χ3v) is 11.0. The zero-order valence-electron chi connectivity index (χ0n) is 18.9. The van der Waals surface area contributed by atoms with Gasteiger partial charge in [-0.25, -0.2) is 0 Å². The lowest BCUT2D eigenvalue weighted by Gasteiger charge is -2.61. The van der Waals surface area contributed by atoms with Gasteiger partial charge < -0.3 is 4.74 Å². The average Bonchev–Trinajstić information content (AvgIpc) is 2.65. The van der Waals surface area contributed by atoms with Crippen LogP contribution in [0.3, 0.4) is 0 Å². The molecule has 0 aliphatic heterocycles. The van der Waals surface area contributed by atoms with Crippen molar-refractivity contribution >= 4 is 0 Å². The van der Waals surface area contributed by atoms with Gasteiger partial charge in [-0.2, -0.15) is 0 Å². The van der Waals surface area contributed by atoms with Crippen LogP contribution in [0.5, 0.6) is 0 Å². The lowest BCUT2D eigenvalue weighted by molar-refractivity contribution is -0.0902. The first kappa shape index (κ1) is 19.0. The minimum absolute atomic E-state index is 0.459. The Morgan fingerprint density at radius 1 is 0.621 bits per heavy atom. The molecule has 4 unspecified atom stereocenters. The second kappa shape index (κ2) is 6.39. The molecule has 8 fully saturated rings. The Morgan fingerprint density at radius 2 is 1.00 bits per heavy atom. The second-order valence-electron chi connectivity index (χ2n) is 13.1. The number of hydrogen-bond acceptors (Lipinski definition) is 1. The number of rotatable bonds is 6. The molecule has 0 N–H and O–H groups in total. The van der Waals surface area contributed by atoms with Crippen LogP contribution in [0.4, 0.5) is 0 Å². The van der Waals surface area contributed by atoms with E-state index in [9.17, 15) is 0 Å². The molecule has 1 nitrogen and oxygen atoms in total. The molecule has 160 valence electrons. The summed E-state index contributed by atoms with van der Waals surface area (Å²) in [7, 11) is 0. The normalized spacial score (nSPS) is 54.8. The van der Waals surface area contributed by atoms with Gasteiger partial charge in [-0.15, -0.1) is 0 Å². The van der Waals surface area contributed by atoms with Crippen molar-refractivity contribution in [2.45, 2.75) is 104 Å². The summed E-state index contributed by atoms with van der Waals surface area (Å²) in [6.07, 6.45) is 29.6. The Labute approximate surface area is 178 Å². The molecule has 4 atom stereocenters. The maximum atomic E-state index is 6.08. The summed E-state index contributed by atoms with van der Waals surface area (Å²) in [4.78, 5) is 0. The van der Waals surface area contributed by atoms with Crippen molar-refractivity contribution in [1.29, 1.82) is 0 Å². The van der Waals surface area contributed by atoms with Crippen molar-refractivity contribution < 1.29 is 4.74 Å². The van der Waals surface area contributed by atoms with Crippen molar-refractivity contribution in [3.05, 3.63) is 24.7 Å². The van der Waals surface area contributed by atoms with Gasteiger partial charge in [0.15, 0.2) is 0 Å². The number of ether oxygens (including phenoxy) is 1. The van der Waals surface area contributed by atoms with E-state index < -0.39 is 0 Å². The Morgan fingerprint density at radius 3 is 1.34 bits per heavy atom. The van der Waals surface area contributed by atoms with Crippen LogP contribution in [-0.4, -0.2) is 0 Å². The molecular weight excluding hydrogens is 352 g/mol. The second-order valence-corrected chi connectivity index (χ2v) is 13.1. The Kier molecular flexibility index (Phi) is 4.19. The Bertz CT molecular complexity index is 626. The van der Waals surface area contributed by atoms with Crippen LogP contribution < -0.4 is 0 Å². The predicted octanol–water partition coefficient (Wildman–Crippen LogP) is 8.02. The Balaban J connectivity index is 1.13. The van der Waals surface area contributed by atoms with E-state index in [1.807, 2.05) is 0 Å². The monoisotopic (exact) mass is 394 g/mol. The fraction of sp³-hybridized carbons (Fsp3) is 0.857. The maximum Gasteiger partial charge on any atom is 0.0866 e. The van der Waals surface area contributed by atoms with E-state index in [2.05, 4.69) is 38.5 Å². The highest BCUT2D eigenvalue weighted by molar-refractivity contribution is 5.15. The SMILES string of the molecule is CCC12CC3CC(CC(C=COC=CC45CC6CC(C4)CC(CC)(C6)C5)(C3)C1)C2. The summed E-state index contributed by atoms with van der Waals surface area (Å²) >= 11 is 0. The molecule has 8 rings (SSSR count). The van der Waals surface area contributed by atoms with E-state index in [1.165, 1.54) is 89.9 Å². The molecule has 8 aliphatic carbocycles. The van der Waals surface area contributed by atoms with Crippen LogP contribution in [0.15, 0.2) is 24.7 Å². The van der Waals surface area contributed by atoms with Crippen molar-refractivity contribution in [3.63, 3.8) is 0 Å². The van der Waals surface area contributed by atoms with Crippen molar-refractivity contribution in [2.75, 3.05) is 0 Å². The predicted molar refractivity (Wildman–Crippen MR) is 119 cm³/mol. The molecule has 8 aliphatic rings. The van der Waals surface area contributed by atoms with E-state index >= 15 is 0 Å². The third kappa shape index (κ3) is 3.08. The van der Waals surface area contributed by atoms with E-state index in [4.69, 9.17) is 4.74 Å². The van der Waals surface area contributed by atoms with E-state index in [-0.39, 0.29) is 0 Å². The summed E-state index contributed by atoms with van der Waals surface area (Å²) in [6.45, 7) is 4.89. The van der Waals surface area contributed by atoms with Crippen molar-refractivity contribution in [3.8, 4) is 0 Å². The molecular formula is C28H42O. The van der Waals surface area contributed by atoms with Gasteiger partial charge in [0.1, 0.15) is 0 Å². The molecule has 0 amide bonds. The lowest BCUT2D eigenvalue weighted by atomic mass is 9.43. The molecule has 8 saturated carbocycles. The highest BCUT2D eigenvalue weighted by Gasteiger charge is 2.57. The molecule has 0 spiro atoms. The van der Waals surface area contributed by atoms with E-state index in [0.717, 1.165) is 23.7 Å². The highest BCUT2D eigenvalue weighted by Crippen LogP contribution is 2.68. The fourth-order valence-corrected chi connectivity index (χ4v) is 10.7. The largest absolute Gasteiger partial charge is 0.473 e. The summed E-state index contributed by atoms with van der Waals surface area (Å²) in [5, 5.41) is 0. The average molecular weight is 395 g/mol. The molecule has 8 bridgehead atoms.